The molecule has 0 unspecified atom stereocenters. The molecule has 1 fully saturated rings. The molecule has 2 atom stereocenters. The van der Waals surface area contributed by atoms with Crippen LogP contribution in [0.2, 0.25) is 0 Å². The standard InChI is InChI=1S/C24H31NO2/c1-18(20-14-10-7-11-15-20)16-22(26)25-21(17-19-12-8-6-9-13-19)23(2,3)27-24(25,4)5/h6-15,18,21H,16-17H2,1-5H3/t18-,21-/m0/s1. The third-order valence-electron chi connectivity index (χ3n) is 5.60. The van der Waals surface area contributed by atoms with Gasteiger partial charge in [-0.1, -0.05) is 67.6 Å². The molecule has 3 rings (SSSR count). The van der Waals surface area contributed by atoms with Crippen LogP contribution in [-0.2, 0) is 16.0 Å². The Labute approximate surface area is 163 Å². The van der Waals surface area contributed by atoms with Crippen LogP contribution in [0.3, 0.4) is 0 Å². The molecule has 0 bridgehead atoms. The second-order valence-corrected chi connectivity index (χ2v) is 8.64. The third-order valence-corrected chi connectivity index (χ3v) is 5.60. The minimum atomic E-state index is -0.615. The van der Waals surface area contributed by atoms with Crippen molar-refractivity contribution in [3.05, 3.63) is 71.8 Å². The number of carbonyl (C=O) groups is 1. The van der Waals surface area contributed by atoms with Gasteiger partial charge >= 0.3 is 0 Å². The van der Waals surface area contributed by atoms with E-state index in [9.17, 15) is 4.79 Å². The zero-order chi connectivity index (χ0) is 19.7. The van der Waals surface area contributed by atoms with Crippen molar-refractivity contribution in [1.82, 2.24) is 4.90 Å². The average molecular weight is 366 g/mol. The summed E-state index contributed by atoms with van der Waals surface area (Å²) in [7, 11) is 0. The summed E-state index contributed by atoms with van der Waals surface area (Å²) in [6, 6.07) is 20.6. The summed E-state index contributed by atoms with van der Waals surface area (Å²) < 4.78 is 6.35. The number of nitrogens with zero attached hydrogens (tertiary/aromatic N) is 1. The summed E-state index contributed by atoms with van der Waals surface area (Å²) in [4.78, 5) is 15.4. The van der Waals surface area contributed by atoms with Gasteiger partial charge in [-0.2, -0.15) is 0 Å². The monoisotopic (exact) mass is 365 g/mol. The highest BCUT2D eigenvalue weighted by atomic mass is 16.6. The van der Waals surface area contributed by atoms with Crippen molar-refractivity contribution in [2.45, 2.75) is 70.7 Å². The fourth-order valence-electron chi connectivity index (χ4n) is 4.36. The summed E-state index contributed by atoms with van der Waals surface area (Å²) in [5.41, 5.74) is 1.41. The van der Waals surface area contributed by atoms with Gasteiger partial charge in [-0.25, -0.2) is 0 Å². The van der Waals surface area contributed by atoms with Crippen LogP contribution >= 0.6 is 0 Å². The van der Waals surface area contributed by atoms with Crippen molar-refractivity contribution >= 4 is 5.91 Å². The first-order valence-corrected chi connectivity index (χ1v) is 9.82. The van der Waals surface area contributed by atoms with E-state index in [-0.39, 0.29) is 17.9 Å². The Morgan fingerprint density at radius 1 is 1.00 bits per heavy atom. The van der Waals surface area contributed by atoms with E-state index in [1.807, 2.05) is 55.1 Å². The van der Waals surface area contributed by atoms with Crippen molar-refractivity contribution in [2.75, 3.05) is 0 Å². The van der Waals surface area contributed by atoms with Crippen LogP contribution in [0.25, 0.3) is 0 Å². The molecule has 27 heavy (non-hydrogen) atoms. The molecule has 3 nitrogen and oxygen atoms in total. The lowest BCUT2D eigenvalue weighted by Gasteiger charge is -2.35. The van der Waals surface area contributed by atoms with Gasteiger partial charge in [-0.15, -0.1) is 0 Å². The number of amides is 1. The third kappa shape index (κ3) is 4.24. The van der Waals surface area contributed by atoms with Crippen LogP contribution in [0.1, 0.15) is 58.1 Å². The van der Waals surface area contributed by atoms with Crippen LogP contribution in [0.4, 0.5) is 0 Å². The number of rotatable bonds is 5. The van der Waals surface area contributed by atoms with Crippen molar-refractivity contribution in [2.24, 2.45) is 0 Å². The van der Waals surface area contributed by atoms with Gasteiger partial charge in [0.25, 0.3) is 0 Å². The maximum absolute atomic E-state index is 13.4. The SMILES string of the molecule is C[C@@H](CC(=O)N1[C@@H](Cc2ccccc2)C(C)(C)OC1(C)C)c1ccccc1. The average Bonchev–Trinajstić information content (AvgIpc) is 2.80. The van der Waals surface area contributed by atoms with Gasteiger partial charge in [0.05, 0.1) is 11.6 Å². The summed E-state index contributed by atoms with van der Waals surface area (Å²) in [5.74, 6) is 0.332. The van der Waals surface area contributed by atoms with Gasteiger partial charge in [-0.3, -0.25) is 4.79 Å². The minimum Gasteiger partial charge on any atom is -0.348 e. The lowest BCUT2D eigenvalue weighted by atomic mass is 9.90. The van der Waals surface area contributed by atoms with Crippen LogP contribution in [0, 0.1) is 0 Å². The molecular formula is C24H31NO2. The van der Waals surface area contributed by atoms with E-state index in [0.717, 1.165) is 6.42 Å². The molecule has 144 valence electrons. The molecule has 0 N–H and O–H groups in total. The van der Waals surface area contributed by atoms with Crippen LogP contribution < -0.4 is 0 Å². The largest absolute Gasteiger partial charge is 0.348 e. The predicted molar refractivity (Wildman–Crippen MR) is 109 cm³/mol. The van der Waals surface area contributed by atoms with Crippen molar-refractivity contribution < 1.29 is 9.53 Å². The van der Waals surface area contributed by atoms with E-state index < -0.39 is 11.3 Å². The number of hydrogen-bond acceptors (Lipinski definition) is 2. The molecule has 3 heteroatoms. The quantitative estimate of drug-likeness (QED) is 0.732. The molecular weight excluding hydrogens is 334 g/mol. The van der Waals surface area contributed by atoms with E-state index in [2.05, 4.69) is 45.0 Å². The molecule has 2 aromatic carbocycles. The molecule has 1 aliphatic rings. The molecule has 1 heterocycles. The fourth-order valence-corrected chi connectivity index (χ4v) is 4.36. The van der Waals surface area contributed by atoms with Gasteiger partial charge in [0.1, 0.15) is 5.72 Å². The Hall–Kier alpha value is -2.13. The first-order chi connectivity index (χ1) is 12.7. The molecule has 0 aliphatic carbocycles. The van der Waals surface area contributed by atoms with Crippen LogP contribution in [0.5, 0.6) is 0 Å². The fraction of sp³-hybridized carbons (Fsp3) is 0.458. The topological polar surface area (TPSA) is 29.5 Å². The molecule has 1 amide bonds. The zero-order valence-corrected chi connectivity index (χ0v) is 17.1. The van der Waals surface area contributed by atoms with Crippen LogP contribution in [0.15, 0.2) is 60.7 Å². The Morgan fingerprint density at radius 2 is 1.56 bits per heavy atom. The van der Waals surface area contributed by atoms with Gasteiger partial charge in [0.2, 0.25) is 5.91 Å². The summed E-state index contributed by atoms with van der Waals surface area (Å²) in [6.45, 7) is 10.3. The second-order valence-electron chi connectivity index (χ2n) is 8.64. The highest BCUT2D eigenvalue weighted by Gasteiger charge is 2.53. The molecule has 1 aliphatic heterocycles. The van der Waals surface area contributed by atoms with Crippen molar-refractivity contribution in [3.63, 3.8) is 0 Å². The summed E-state index contributed by atoms with van der Waals surface area (Å²) in [6.07, 6.45) is 1.28. The van der Waals surface area contributed by atoms with Crippen LogP contribution in [-0.4, -0.2) is 28.2 Å². The van der Waals surface area contributed by atoms with E-state index in [1.165, 1.54) is 11.1 Å². The Kier molecular flexibility index (Phi) is 5.43. The van der Waals surface area contributed by atoms with E-state index >= 15 is 0 Å². The molecule has 1 saturated heterocycles. The number of ether oxygens (including phenoxy) is 1. The number of hydrogen-bond donors (Lipinski definition) is 0. The second kappa shape index (κ2) is 7.47. The summed E-state index contributed by atoms with van der Waals surface area (Å²) in [5, 5.41) is 0. The van der Waals surface area contributed by atoms with E-state index in [0.29, 0.717) is 6.42 Å². The van der Waals surface area contributed by atoms with E-state index in [1.54, 1.807) is 0 Å². The maximum Gasteiger partial charge on any atom is 0.225 e. The minimum absolute atomic E-state index is 0.00498. The molecule has 2 aromatic rings. The van der Waals surface area contributed by atoms with Gasteiger partial charge in [0, 0.05) is 6.42 Å². The van der Waals surface area contributed by atoms with Gasteiger partial charge in [0.15, 0.2) is 0 Å². The van der Waals surface area contributed by atoms with Gasteiger partial charge in [-0.05, 0) is 51.2 Å². The first-order valence-electron chi connectivity index (χ1n) is 9.82. The van der Waals surface area contributed by atoms with E-state index in [4.69, 9.17) is 4.74 Å². The number of benzene rings is 2. The number of carbonyl (C=O) groups excluding carboxylic acids is 1. The Balaban J connectivity index is 1.84. The molecule has 0 spiro atoms. The van der Waals surface area contributed by atoms with Crippen molar-refractivity contribution in [1.29, 1.82) is 0 Å². The maximum atomic E-state index is 13.4. The first kappa shape index (κ1) is 19.6. The zero-order valence-electron chi connectivity index (χ0n) is 17.1. The highest BCUT2D eigenvalue weighted by molar-refractivity contribution is 5.78. The normalized spacial score (nSPS) is 21.8. The Morgan fingerprint density at radius 3 is 2.15 bits per heavy atom. The Bertz CT molecular complexity index is 767. The van der Waals surface area contributed by atoms with Gasteiger partial charge < -0.3 is 9.64 Å². The predicted octanol–water partition coefficient (Wildman–Crippen LogP) is 5.17. The molecule has 0 saturated carbocycles. The molecule has 0 radical (unpaired) electrons. The lowest BCUT2D eigenvalue weighted by Crippen LogP contribution is -2.50. The van der Waals surface area contributed by atoms with Crippen molar-refractivity contribution in [3.8, 4) is 0 Å². The summed E-state index contributed by atoms with van der Waals surface area (Å²) >= 11 is 0. The lowest BCUT2D eigenvalue weighted by molar-refractivity contribution is -0.150. The smallest absolute Gasteiger partial charge is 0.225 e. The highest BCUT2D eigenvalue weighted by Crippen LogP contribution is 2.41. The molecule has 0 aromatic heterocycles.